The number of nitrogens with zero attached hydrogens (tertiary/aromatic N) is 1. The lowest BCUT2D eigenvalue weighted by atomic mass is 10.2. The van der Waals surface area contributed by atoms with E-state index < -0.39 is 0 Å². The summed E-state index contributed by atoms with van der Waals surface area (Å²) >= 11 is 5.82. The van der Waals surface area contributed by atoms with Crippen molar-refractivity contribution in [2.75, 3.05) is 11.9 Å². The summed E-state index contributed by atoms with van der Waals surface area (Å²) in [7, 11) is 0. The van der Waals surface area contributed by atoms with E-state index in [1.807, 2.05) is 19.1 Å². The molecule has 0 fully saturated rings. The summed E-state index contributed by atoms with van der Waals surface area (Å²) < 4.78 is 9.91. The number of hydrogen-bond donors (Lipinski definition) is 1. The number of nitrogens with one attached hydrogen (secondary N) is 1. The van der Waals surface area contributed by atoms with Gasteiger partial charge >= 0.3 is 0 Å². The minimum absolute atomic E-state index is 0.293. The van der Waals surface area contributed by atoms with Gasteiger partial charge in [0.1, 0.15) is 0 Å². The Morgan fingerprint density at radius 3 is 2.84 bits per heavy atom. The fourth-order valence-corrected chi connectivity index (χ4v) is 1.78. The van der Waals surface area contributed by atoms with E-state index in [1.54, 1.807) is 12.1 Å². The maximum Gasteiger partial charge on any atom is 0.293 e. The summed E-state index contributed by atoms with van der Waals surface area (Å²) in [6.45, 7) is 2.56. The maximum atomic E-state index is 10.1. The lowest BCUT2D eigenvalue weighted by Crippen LogP contribution is -2.00. The summed E-state index contributed by atoms with van der Waals surface area (Å²) in [6.07, 6.45) is 0.546. The molecule has 0 radical (unpaired) electrons. The van der Waals surface area contributed by atoms with Crippen LogP contribution < -0.4 is 5.32 Å². The number of hydrogen-bond acceptors (Lipinski definition) is 5. The number of halogens is 1. The highest BCUT2D eigenvalue weighted by Gasteiger charge is 2.13. The van der Waals surface area contributed by atoms with Crippen LogP contribution in [0.25, 0.3) is 0 Å². The van der Waals surface area contributed by atoms with Crippen LogP contribution >= 0.6 is 11.6 Å². The summed E-state index contributed by atoms with van der Waals surface area (Å²) in [5, 5.41) is 7.68. The molecule has 0 aliphatic carbocycles. The van der Waals surface area contributed by atoms with E-state index in [1.165, 1.54) is 0 Å². The molecule has 100 valence electrons. The minimum atomic E-state index is 0.293. The monoisotopic (exact) mass is 280 g/mol. The first-order valence-corrected chi connectivity index (χ1v) is 6.11. The molecular formula is C13H13ClN2O3. The quantitative estimate of drug-likeness (QED) is 0.651. The minimum Gasteiger partial charge on any atom is -0.468 e. The number of anilines is 2. The molecule has 0 spiro atoms. The molecule has 1 heterocycles. The number of carbonyl (C=O) groups is 1. The van der Waals surface area contributed by atoms with Crippen LogP contribution in [0.1, 0.15) is 11.3 Å². The smallest absolute Gasteiger partial charge is 0.293 e. The van der Waals surface area contributed by atoms with Crippen molar-refractivity contribution in [3.8, 4) is 0 Å². The molecule has 1 aromatic heterocycles. The number of aryl methyl sites for hydroxylation is 1. The van der Waals surface area contributed by atoms with Crippen molar-refractivity contribution < 1.29 is 14.1 Å². The van der Waals surface area contributed by atoms with Gasteiger partial charge in [-0.2, -0.15) is 0 Å². The predicted molar refractivity (Wildman–Crippen MR) is 71.7 cm³/mol. The number of rotatable bonds is 6. The number of benzene rings is 1. The van der Waals surface area contributed by atoms with Crippen molar-refractivity contribution >= 4 is 29.6 Å². The molecule has 19 heavy (non-hydrogen) atoms. The molecule has 0 saturated carbocycles. The van der Waals surface area contributed by atoms with Gasteiger partial charge in [-0.25, -0.2) is 0 Å². The van der Waals surface area contributed by atoms with Crippen LogP contribution in [0.5, 0.6) is 0 Å². The average Bonchev–Trinajstić information content (AvgIpc) is 2.74. The van der Waals surface area contributed by atoms with Gasteiger partial charge in [0.2, 0.25) is 5.88 Å². The van der Waals surface area contributed by atoms with E-state index in [4.69, 9.17) is 16.1 Å². The van der Waals surface area contributed by atoms with E-state index in [-0.39, 0.29) is 0 Å². The molecule has 0 atom stereocenters. The van der Waals surface area contributed by atoms with Crippen molar-refractivity contribution in [1.29, 1.82) is 0 Å². The van der Waals surface area contributed by atoms with Crippen LogP contribution in [0.4, 0.5) is 11.6 Å². The first-order chi connectivity index (χ1) is 9.20. The SMILES string of the molecule is Cc1noc(Nc2ccc(Cl)cc2)c1CCOC=O. The van der Waals surface area contributed by atoms with Gasteiger partial charge in [0, 0.05) is 22.7 Å². The molecule has 0 amide bonds. The van der Waals surface area contributed by atoms with E-state index in [0.29, 0.717) is 30.4 Å². The highest BCUT2D eigenvalue weighted by molar-refractivity contribution is 6.30. The Morgan fingerprint density at radius 1 is 1.42 bits per heavy atom. The third-order valence-corrected chi connectivity index (χ3v) is 2.88. The van der Waals surface area contributed by atoms with Crippen molar-refractivity contribution in [3.05, 3.63) is 40.5 Å². The zero-order valence-corrected chi connectivity index (χ0v) is 11.1. The Morgan fingerprint density at radius 2 is 2.16 bits per heavy atom. The second kappa shape index (κ2) is 6.24. The molecule has 2 aromatic rings. The summed E-state index contributed by atoms with van der Waals surface area (Å²) in [4.78, 5) is 10.1. The lowest BCUT2D eigenvalue weighted by Gasteiger charge is -2.05. The molecule has 5 nitrogen and oxygen atoms in total. The first-order valence-electron chi connectivity index (χ1n) is 5.73. The molecule has 0 aliphatic rings. The molecule has 1 N–H and O–H groups in total. The van der Waals surface area contributed by atoms with Crippen molar-refractivity contribution in [1.82, 2.24) is 5.16 Å². The zero-order valence-electron chi connectivity index (χ0n) is 10.4. The Kier molecular flexibility index (Phi) is 4.41. The largest absolute Gasteiger partial charge is 0.468 e. The highest BCUT2D eigenvalue weighted by Crippen LogP contribution is 2.24. The van der Waals surface area contributed by atoms with Gasteiger partial charge in [0.25, 0.3) is 6.47 Å². The normalized spacial score (nSPS) is 10.2. The van der Waals surface area contributed by atoms with Crippen molar-refractivity contribution in [3.63, 3.8) is 0 Å². The fraction of sp³-hybridized carbons (Fsp3) is 0.231. The fourth-order valence-electron chi connectivity index (χ4n) is 1.65. The topological polar surface area (TPSA) is 64.4 Å². The standard InChI is InChI=1S/C13H13ClN2O3/c1-9-12(6-7-18-8-17)13(19-16-9)15-11-4-2-10(14)3-5-11/h2-5,8,15H,6-7H2,1H3. The highest BCUT2D eigenvalue weighted by atomic mass is 35.5. The van der Waals surface area contributed by atoms with E-state index in [2.05, 4.69) is 15.2 Å². The predicted octanol–water partition coefficient (Wildman–Crippen LogP) is 3.10. The number of aromatic nitrogens is 1. The van der Waals surface area contributed by atoms with Crippen molar-refractivity contribution in [2.45, 2.75) is 13.3 Å². The van der Waals surface area contributed by atoms with Crippen LogP contribution in [0, 0.1) is 6.92 Å². The lowest BCUT2D eigenvalue weighted by molar-refractivity contribution is -0.128. The number of carbonyl (C=O) groups excluding carboxylic acids is 1. The van der Waals surface area contributed by atoms with Gasteiger partial charge in [-0.05, 0) is 31.2 Å². The van der Waals surface area contributed by atoms with Gasteiger partial charge in [-0.3, -0.25) is 4.79 Å². The van der Waals surface area contributed by atoms with Crippen LogP contribution in [-0.4, -0.2) is 18.2 Å². The van der Waals surface area contributed by atoms with E-state index in [0.717, 1.165) is 16.9 Å². The van der Waals surface area contributed by atoms with Crippen LogP contribution in [0.15, 0.2) is 28.8 Å². The third-order valence-electron chi connectivity index (χ3n) is 2.62. The maximum absolute atomic E-state index is 10.1. The van der Waals surface area contributed by atoms with Gasteiger partial charge in [-0.1, -0.05) is 16.8 Å². The summed E-state index contributed by atoms with van der Waals surface area (Å²) in [5.74, 6) is 0.550. The third kappa shape index (κ3) is 3.48. The van der Waals surface area contributed by atoms with E-state index in [9.17, 15) is 4.79 Å². The van der Waals surface area contributed by atoms with Crippen LogP contribution in [0.2, 0.25) is 5.02 Å². The van der Waals surface area contributed by atoms with Gasteiger partial charge in [0.15, 0.2) is 0 Å². The van der Waals surface area contributed by atoms with E-state index >= 15 is 0 Å². The molecule has 0 unspecified atom stereocenters. The Hall–Kier alpha value is -2.01. The molecule has 0 bridgehead atoms. The van der Waals surface area contributed by atoms with Gasteiger partial charge in [-0.15, -0.1) is 0 Å². The Labute approximate surface area is 115 Å². The molecule has 0 saturated heterocycles. The Bertz CT molecular complexity index is 552. The molecular weight excluding hydrogens is 268 g/mol. The number of ether oxygens (including phenoxy) is 1. The van der Waals surface area contributed by atoms with Crippen LogP contribution in [-0.2, 0) is 16.0 Å². The molecule has 0 aliphatic heterocycles. The average molecular weight is 281 g/mol. The van der Waals surface area contributed by atoms with Crippen molar-refractivity contribution in [2.24, 2.45) is 0 Å². The molecule has 2 rings (SSSR count). The van der Waals surface area contributed by atoms with Crippen LogP contribution in [0.3, 0.4) is 0 Å². The molecule has 6 heteroatoms. The second-order valence-corrected chi connectivity index (χ2v) is 4.36. The first kappa shape index (κ1) is 13.4. The second-order valence-electron chi connectivity index (χ2n) is 3.92. The Balaban J connectivity index is 2.11. The van der Waals surface area contributed by atoms with Gasteiger partial charge < -0.3 is 14.6 Å². The summed E-state index contributed by atoms with van der Waals surface area (Å²) in [5.41, 5.74) is 2.50. The van der Waals surface area contributed by atoms with Gasteiger partial charge in [0.05, 0.1) is 12.3 Å². The molecule has 1 aromatic carbocycles. The summed E-state index contributed by atoms with van der Waals surface area (Å²) in [6, 6.07) is 7.24. The zero-order chi connectivity index (χ0) is 13.7.